The van der Waals surface area contributed by atoms with E-state index < -0.39 is 6.10 Å². The zero-order chi connectivity index (χ0) is 20.5. The number of amides is 2. The monoisotopic (exact) mass is 408 g/mol. The predicted molar refractivity (Wildman–Crippen MR) is 109 cm³/mol. The largest absolute Gasteiger partial charge is 0.388 e. The SMILES string of the molecule is CC(C)ONC(=O)N1CCC(C(C)(C)[C@H](O)c2cc(Cl)cc3cn[nH]c23)CC1. The van der Waals surface area contributed by atoms with E-state index in [1.54, 1.807) is 17.2 Å². The van der Waals surface area contributed by atoms with Crippen LogP contribution in [0.4, 0.5) is 4.79 Å². The van der Waals surface area contributed by atoms with Gasteiger partial charge in [-0.3, -0.25) is 9.94 Å². The third kappa shape index (κ3) is 4.26. The quantitative estimate of drug-likeness (QED) is 0.651. The van der Waals surface area contributed by atoms with Gasteiger partial charge in [0.25, 0.3) is 0 Å². The standard InChI is InChI=1S/C20H29ClN4O3/c1-12(2)28-24-19(27)25-7-5-14(6-8-25)20(3,4)18(26)16-10-15(21)9-13-11-22-23-17(13)16/h9-12,14,18,26H,5-8H2,1-4H3,(H,22,23)(H,24,27)/t18-/m1/s1. The van der Waals surface area contributed by atoms with Crippen molar-refractivity contribution in [2.24, 2.45) is 11.3 Å². The summed E-state index contributed by atoms with van der Waals surface area (Å²) in [6, 6.07) is 3.43. The maximum atomic E-state index is 12.2. The van der Waals surface area contributed by atoms with Crippen molar-refractivity contribution in [2.75, 3.05) is 13.1 Å². The van der Waals surface area contributed by atoms with Crippen LogP contribution in [0.5, 0.6) is 0 Å². The number of likely N-dealkylation sites (tertiary alicyclic amines) is 1. The molecule has 2 amide bonds. The molecular formula is C20H29ClN4O3. The summed E-state index contributed by atoms with van der Waals surface area (Å²) < 4.78 is 0. The van der Waals surface area contributed by atoms with Gasteiger partial charge in [-0.2, -0.15) is 5.10 Å². The lowest BCUT2D eigenvalue weighted by Crippen LogP contribution is -2.47. The summed E-state index contributed by atoms with van der Waals surface area (Å²) in [6.07, 6.45) is 2.56. The summed E-state index contributed by atoms with van der Waals surface area (Å²) in [6.45, 7) is 9.13. The highest BCUT2D eigenvalue weighted by Crippen LogP contribution is 2.46. The number of aromatic amines is 1. The number of aliphatic hydroxyl groups is 1. The highest BCUT2D eigenvalue weighted by Gasteiger charge is 2.40. The first-order valence-electron chi connectivity index (χ1n) is 9.71. The van der Waals surface area contributed by atoms with Gasteiger partial charge in [-0.25, -0.2) is 10.3 Å². The fourth-order valence-electron chi connectivity index (χ4n) is 3.95. The highest BCUT2D eigenvalue weighted by atomic mass is 35.5. The fourth-order valence-corrected chi connectivity index (χ4v) is 4.18. The molecule has 8 heteroatoms. The van der Waals surface area contributed by atoms with Crippen molar-refractivity contribution >= 4 is 28.5 Å². The molecular weight excluding hydrogens is 380 g/mol. The normalized spacial score (nSPS) is 17.3. The molecule has 3 N–H and O–H groups in total. The molecule has 1 aromatic heterocycles. The van der Waals surface area contributed by atoms with Crippen molar-refractivity contribution in [2.45, 2.75) is 52.7 Å². The Labute approximate surface area is 170 Å². The zero-order valence-electron chi connectivity index (χ0n) is 16.8. The average Bonchev–Trinajstić information content (AvgIpc) is 3.13. The van der Waals surface area contributed by atoms with Crippen LogP contribution in [-0.4, -0.2) is 45.4 Å². The van der Waals surface area contributed by atoms with Gasteiger partial charge in [0.2, 0.25) is 0 Å². The van der Waals surface area contributed by atoms with Gasteiger partial charge >= 0.3 is 6.03 Å². The molecule has 0 aliphatic carbocycles. The Hall–Kier alpha value is -1.83. The molecule has 1 fully saturated rings. The van der Waals surface area contributed by atoms with E-state index in [2.05, 4.69) is 29.5 Å². The van der Waals surface area contributed by atoms with Gasteiger partial charge in [-0.05, 0) is 50.2 Å². The van der Waals surface area contributed by atoms with E-state index in [-0.39, 0.29) is 23.5 Å². The third-order valence-electron chi connectivity index (χ3n) is 5.76. The molecule has 2 heterocycles. The summed E-state index contributed by atoms with van der Waals surface area (Å²) in [4.78, 5) is 19.1. The number of hydroxylamine groups is 1. The summed E-state index contributed by atoms with van der Waals surface area (Å²) >= 11 is 6.25. The van der Waals surface area contributed by atoms with E-state index in [0.29, 0.717) is 18.1 Å². The molecule has 28 heavy (non-hydrogen) atoms. The lowest BCUT2D eigenvalue weighted by molar-refractivity contribution is -0.0224. The minimum Gasteiger partial charge on any atom is -0.388 e. The second kappa shape index (κ2) is 8.27. The fraction of sp³-hybridized carbons (Fsp3) is 0.600. The van der Waals surface area contributed by atoms with E-state index >= 15 is 0 Å². The van der Waals surface area contributed by atoms with Crippen LogP contribution < -0.4 is 5.48 Å². The van der Waals surface area contributed by atoms with Crippen LogP contribution in [0.1, 0.15) is 52.2 Å². The summed E-state index contributed by atoms with van der Waals surface area (Å²) in [5.41, 5.74) is 3.67. The second-order valence-electron chi connectivity index (χ2n) is 8.39. The molecule has 0 spiro atoms. The van der Waals surface area contributed by atoms with Crippen molar-refractivity contribution in [1.29, 1.82) is 0 Å². The third-order valence-corrected chi connectivity index (χ3v) is 5.98. The topological polar surface area (TPSA) is 90.5 Å². The Morgan fingerprint density at radius 1 is 1.39 bits per heavy atom. The molecule has 1 aliphatic rings. The number of aliphatic hydroxyl groups excluding tert-OH is 1. The van der Waals surface area contributed by atoms with Gasteiger partial charge in [0, 0.05) is 29.1 Å². The lowest BCUT2D eigenvalue weighted by atomic mass is 9.68. The predicted octanol–water partition coefficient (Wildman–Crippen LogP) is 4.04. The van der Waals surface area contributed by atoms with Gasteiger partial charge < -0.3 is 10.0 Å². The highest BCUT2D eigenvalue weighted by molar-refractivity contribution is 6.31. The Morgan fingerprint density at radius 2 is 2.07 bits per heavy atom. The minimum atomic E-state index is -0.705. The summed E-state index contributed by atoms with van der Waals surface area (Å²) in [7, 11) is 0. The second-order valence-corrected chi connectivity index (χ2v) is 8.82. The molecule has 154 valence electrons. The first-order valence-corrected chi connectivity index (χ1v) is 10.1. The van der Waals surface area contributed by atoms with Crippen LogP contribution in [0.3, 0.4) is 0 Å². The number of piperidine rings is 1. The number of H-pyrrole nitrogens is 1. The lowest BCUT2D eigenvalue weighted by Gasteiger charge is -2.43. The summed E-state index contributed by atoms with van der Waals surface area (Å²) in [5, 5.41) is 19.8. The number of carbonyl (C=O) groups is 1. The molecule has 1 aromatic carbocycles. The Morgan fingerprint density at radius 3 is 2.71 bits per heavy atom. The van der Waals surface area contributed by atoms with E-state index in [9.17, 15) is 9.90 Å². The van der Waals surface area contributed by atoms with Gasteiger partial charge in [0.15, 0.2) is 0 Å². The number of halogens is 1. The Kier molecular flexibility index (Phi) is 6.17. The van der Waals surface area contributed by atoms with Crippen molar-refractivity contribution in [3.8, 4) is 0 Å². The number of nitrogens with zero attached hydrogens (tertiary/aromatic N) is 2. The molecule has 1 atom stereocenters. The van der Waals surface area contributed by atoms with E-state index in [1.165, 1.54) is 0 Å². The molecule has 2 aromatic rings. The van der Waals surface area contributed by atoms with Crippen LogP contribution in [0, 0.1) is 11.3 Å². The van der Waals surface area contributed by atoms with Gasteiger partial charge in [-0.1, -0.05) is 25.4 Å². The molecule has 0 saturated carbocycles. The number of fused-ring (bicyclic) bond motifs is 1. The molecule has 1 aliphatic heterocycles. The summed E-state index contributed by atoms with van der Waals surface area (Å²) in [5.74, 6) is 0.259. The van der Waals surface area contributed by atoms with Crippen LogP contribution >= 0.6 is 11.6 Å². The van der Waals surface area contributed by atoms with Crippen molar-refractivity contribution in [3.05, 3.63) is 28.9 Å². The maximum absolute atomic E-state index is 12.2. The van der Waals surface area contributed by atoms with Crippen LogP contribution in [-0.2, 0) is 4.84 Å². The number of rotatable bonds is 5. The Bertz CT molecular complexity index is 828. The zero-order valence-corrected chi connectivity index (χ0v) is 17.6. The molecule has 1 saturated heterocycles. The van der Waals surface area contributed by atoms with Crippen LogP contribution in [0.2, 0.25) is 5.02 Å². The molecule has 0 bridgehead atoms. The minimum absolute atomic E-state index is 0.0624. The molecule has 7 nitrogen and oxygen atoms in total. The van der Waals surface area contributed by atoms with Gasteiger partial charge in [0.05, 0.1) is 23.9 Å². The number of hydrogen-bond donors (Lipinski definition) is 3. The van der Waals surface area contributed by atoms with Gasteiger partial charge in [0.1, 0.15) is 0 Å². The average molecular weight is 409 g/mol. The number of aromatic nitrogens is 2. The van der Waals surface area contributed by atoms with Crippen molar-refractivity contribution in [1.82, 2.24) is 20.6 Å². The van der Waals surface area contributed by atoms with Crippen LogP contribution in [0.15, 0.2) is 18.3 Å². The smallest absolute Gasteiger partial charge is 0.341 e. The van der Waals surface area contributed by atoms with Crippen molar-refractivity contribution < 1.29 is 14.7 Å². The first-order chi connectivity index (χ1) is 13.2. The van der Waals surface area contributed by atoms with E-state index in [0.717, 1.165) is 29.3 Å². The number of carbonyl (C=O) groups excluding carboxylic acids is 1. The number of hydrogen-bond acceptors (Lipinski definition) is 4. The number of nitrogens with one attached hydrogen (secondary N) is 2. The Balaban J connectivity index is 1.69. The van der Waals surface area contributed by atoms with E-state index in [1.807, 2.05) is 19.9 Å². The molecule has 3 rings (SSSR count). The van der Waals surface area contributed by atoms with Crippen molar-refractivity contribution in [3.63, 3.8) is 0 Å². The maximum Gasteiger partial charge on any atom is 0.341 e. The number of urea groups is 1. The molecule has 0 unspecified atom stereocenters. The van der Waals surface area contributed by atoms with E-state index in [4.69, 9.17) is 16.4 Å². The van der Waals surface area contributed by atoms with Crippen LogP contribution in [0.25, 0.3) is 10.9 Å². The first kappa shape index (κ1) is 20.9. The number of benzene rings is 1. The van der Waals surface area contributed by atoms with Gasteiger partial charge in [-0.15, -0.1) is 0 Å². The molecule has 0 radical (unpaired) electrons.